The van der Waals surface area contributed by atoms with E-state index in [9.17, 15) is 9.59 Å². The van der Waals surface area contributed by atoms with Gasteiger partial charge in [0.1, 0.15) is 10.9 Å². The summed E-state index contributed by atoms with van der Waals surface area (Å²) in [5.41, 5.74) is 4.03. The van der Waals surface area contributed by atoms with Crippen molar-refractivity contribution in [2.75, 3.05) is 5.32 Å². The van der Waals surface area contributed by atoms with E-state index in [0.717, 1.165) is 16.8 Å². The molecule has 0 spiro atoms. The molecule has 1 atom stereocenters. The third-order valence-corrected chi connectivity index (χ3v) is 4.92. The van der Waals surface area contributed by atoms with Gasteiger partial charge < -0.3 is 5.32 Å². The monoisotopic (exact) mass is 357 g/mol. The number of carbonyl (C=O) groups is 2. The quantitative estimate of drug-likeness (QED) is 0.497. The van der Waals surface area contributed by atoms with E-state index in [1.165, 1.54) is 18.7 Å². The average Bonchev–Trinajstić information content (AvgIpc) is 2.49. The standard InChI is InChI=1S/C19H23N3O2S/c1-10-7-8-11(2)16(9-10)22-18(24)14(5)25-19-17(13(4)23)12(3)20-15(6)21-19/h7-9,14H,1-6H3,(H,22,24). The molecule has 0 fully saturated rings. The van der Waals surface area contributed by atoms with Crippen molar-refractivity contribution in [1.82, 2.24) is 9.97 Å². The molecule has 0 saturated carbocycles. The van der Waals surface area contributed by atoms with Gasteiger partial charge >= 0.3 is 0 Å². The molecule has 1 amide bonds. The molecule has 2 rings (SSSR count). The van der Waals surface area contributed by atoms with E-state index in [-0.39, 0.29) is 11.7 Å². The highest BCUT2D eigenvalue weighted by molar-refractivity contribution is 8.00. The fraction of sp³-hybridized carbons (Fsp3) is 0.368. The van der Waals surface area contributed by atoms with E-state index < -0.39 is 5.25 Å². The van der Waals surface area contributed by atoms with Crippen LogP contribution in [-0.2, 0) is 4.79 Å². The highest BCUT2D eigenvalue weighted by atomic mass is 32.2. The molecule has 0 aliphatic carbocycles. The summed E-state index contributed by atoms with van der Waals surface area (Å²) in [6, 6.07) is 5.94. The topological polar surface area (TPSA) is 72.0 Å². The lowest BCUT2D eigenvalue weighted by Gasteiger charge is -2.16. The summed E-state index contributed by atoms with van der Waals surface area (Å²) in [5, 5.41) is 3.12. The zero-order chi connectivity index (χ0) is 18.7. The van der Waals surface area contributed by atoms with E-state index in [0.29, 0.717) is 22.1 Å². The number of thioether (sulfide) groups is 1. The molecule has 0 bridgehead atoms. The van der Waals surface area contributed by atoms with Gasteiger partial charge in [0.15, 0.2) is 5.78 Å². The molecule has 25 heavy (non-hydrogen) atoms. The number of hydrogen-bond acceptors (Lipinski definition) is 5. The number of nitrogens with zero attached hydrogens (tertiary/aromatic N) is 2. The maximum Gasteiger partial charge on any atom is 0.237 e. The average molecular weight is 357 g/mol. The van der Waals surface area contributed by atoms with E-state index in [1.807, 2.05) is 39.0 Å². The van der Waals surface area contributed by atoms with Gasteiger partial charge in [-0.25, -0.2) is 9.97 Å². The van der Waals surface area contributed by atoms with Crippen LogP contribution < -0.4 is 5.32 Å². The largest absolute Gasteiger partial charge is 0.325 e. The van der Waals surface area contributed by atoms with E-state index in [4.69, 9.17) is 0 Å². The summed E-state index contributed by atoms with van der Waals surface area (Å²) >= 11 is 1.28. The van der Waals surface area contributed by atoms with Crippen LogP contribution in [0.15, 0.2) is 23.2 Å². The van der Waals surface area contributed by atoms with Crippen LogP contribution in [0, 0.1) is 27.7 Å². The first-order valence-corrected chi connectivity index (χ1v) is 8.98. The lowest BCUT2D eigenvalue weighted by atomic mass is 10.1. The minimum atomic E-state index is -0.397. The van der Waals surface area contributed by atoms with Gasteiger partial charge in [-0.05, 0) is 58.7 Å². The lowest BCUT2D eigenvalue weighted by molar-refractivity contribution is -0.115. The number of carbonyl (C=O) groups excluding carboxylic acids is 2. The van der Waals surface area contributed by atoms with Crippen molar-refractivity contribution in [2.45, 2.75) is 51.8 Å². The van der Waals surface area contributed by atoms with Crippen LogP contribution in [0.25, 0.3) is 0 Å². The third-order valence-electron chi connectivity index (χ3n) is 3.83. The minimum absolute atomic E-state index is 0.0952. The maximum absolute atomic E-state index is 12.6. The van der Waals surface area contributed by atoms with Gasteiger partial charge in [0, 0.05) is 5.69 Å². The van der Waals surface area contributed by atoms with Crippen molar-refractivity contribution in [3.8, 4) is 0 Å². The first-order valence-electron chi connectivity index (χ1n) is 8.10. The van der Waals surface area contributed by atoms with Gasteiger partial charge in [0.05, 0.1) is 16.5 Å². The smallest absolute Gasteiger partial charge is 0.237 e. The number of anilines is 1. The zero-order valence-electron chi connectivity index (χ0n) is 15.4. The number of rotatable bonds is 5. The van der Waals surface area contributed by atoms with Gasteiger partial charge in [-0.15, -0.1) is 0 Å². The Morgan fingerprint density at radius 1 is 1.12 bits per heavy atom. The van der Waals surface area contributed by atoms with Gasteiger partial charge in [-0.2, -0.15) is 0 Å². The minimum Gasteiger partial charge on any atom is -0.325 e. The highest BCUT2D eigenvalue weighted by Crippen LogP contribution is 2.28. The molecule has 1 heterocycles. The molecular weight excluding hydrogens is 334 g/mol. The third kappa shape index (κ3) is 4.66. The Kier molecular flexibility index (Phi) is 5.95. The number of aryl methyl sites for hydroxylation is 4. The SMILES string of the molecule is CC(=O)c1c(C)nc(C)nc1SC(C)C(=O)Nc1cc(C)ccc1C. The number of nitrogens with one attached hydrogen (secondary N) is 1. The number of benzene rings is 1. The van der Waals surface area contributed by atoms with E-state index >= 15 is 0 Å². The number of ketones is 1. The number of Topliss-reactive ketones (excluding diaryl/α,β-unsaturated/α-hetero) is 1. The van der Waals surface area contributed by atoms with Crippen molar-refractivity contribution in [3.05, 3.63) is 46.4 Å². The summed E-state index contributed by atoms with van der Waals surface area (Å²) in [7, 11) is 0. The molecule has 0 aliphatic rings. The Morgan fingerprint density at radius 2 is 1.80 bits per heavy atom. The van der Waals surface area contributed by atoms with Gasteiger partial charge in [0.2, 0.25) is 5.91 Å². The van der Waals surface area contributed by atoms with Crippen LogP contribution in [0.5, 0.6) is 0 Å². The first kappa shape index (κ1) is 19.1. The number of amides is 1. The number of aromatic nitrogens is 2. The summed E-state index contributed by atoms with van der Waals surface area (Å²) in [6.45, 7) is 10.8. The molecule has 132 valence electrons. The van der Waals surface area contributed by atoms with Gasteiger partial charge in [-0.3, -0.25) is 9.59 Å². The van der Waals surface area contributed by atoms with Gasteiger partial charge in [0.25, 0.3) is 0 Å². The highest BCUT2D eigenvalue weighted by Gasteiger charge is 2.21. The molecule has 1 N–H and O–H groups in total. The normalized spacial score (nSPS) is 11.9. The molecule has 0 saturated heterocycles. The number of hydrogen-bond donors (Lipinski definition) is 1. The van der Waals surface area contributed by atoms with E-state index in [2.05, 4.69) is 15.3 Å². The lowest BCUT2D eigenvalue weighted by Crippen LogP contribution is -2.23. The Balaban J connectivity index is 2.22. The molecule has 2 aromatic rings. The van der Waals surface area contributed by atoms with Crippen molar-refractivity contribution in [1.29, 1.82) is 0 Å². The summed E-state index contributed by atoms with van der Waals surface area (Å²) in [5.74, 6) is 0.372. The van der Waals surface area contributed by atoms with Crippen LogP contribution in [-0.4, -0.2) is 26.9 Å². The van der Waals surface area contributed by atoms with Crippen LogP contribution in [0.4, 0.5) is 5.69 Å². The Bertz CT molecular complexity index is 834. The first-order chi connectivity index (χ1) is 11.7. The van der Waals surface area contributed by atoms with Crippen molar-refractivity contribution in [2.24, 2.45) is 0 Å². The molecule has 1 aromatic carbocycles. The molecule has 6 heteroatoms. The van der Waals surface area contributed by atoms with E-state index in [1.54, 1.807) is 13.8 Å². The second-order valence-electron chi connectivity index (χ2n) is 6.16. The van der Waals surface area contributed by atoms with Crippen molar-refractivity contribution in [3.63, 3.8) is 0 Å². The fourth-order valence-electron chi connectivity index (χ4n) is 2.50. The van der Waals surface area contributed by atoms with Crippen LogP contribution in [0.1, 0.15) is 46.9 Å². The zero-order valence-corrected chi connectivity index (χ0v) is 16.2. The van der Waals surface area contributed by atoms with Gasteiger partial charge in [-0.1, -0.05) is 23.9 Å². The summed E-state index contributed by atoms with van der Waals surface area (Å²) in [6.07, 6.45) is 0. The van der Waals surface area contributed by atoms with Crippen molar-refractivity contribution >= 4 is 29.1 Å². The Labute approximate surface area is 152 Å². The predicted molar refractivity (Wildman–Crippen MR) is 101 cm³/mol. The maximum atomic E-state index is 12.6. The molecule has 5 nitrogen and oxygen atoms in total. The molecule has 1 unspecified atom stereocenters. The predicted octanol–water partition coefficient (Wildman–Crippen LogP) is 4.03. The van der Waals surface area contributed by atoms with Crippen LogP contribution in [0.3, 0.4) is 0 Å². The molecule has 0 aliphatic heterocycles. The second-order valence-corrected chi connectivity index (χ2v) is 7.49. The summed E-state index contributed by atoms with van der Waals surface area (Å²) < 4.78 is 0. The molecule has 1 aromatic heterocycles. The Hall–Kier alpha value is -2.21. The fourth-order valence-corrected chi connectivity index (χ4v) is 3.59. The molecule has 0 radical (unpaired) electrons. The van der Waals surface area contributed by atoms with Crippen LogP contribution in [0.2, 0.25) is 0 Å². The van der Waals surface area contributed by atoms with Crippen molar-refractivity contribution < 1.29 is 9.59 Å². The summed E-state index contributed by atoms with van der Waals surface area (Å²) in [4.78, 5) is 33.1. The second kappa shape index (κ2) is 7.78. The molecular formula is C19H23N3O2S. The van der Waals surface area contributed by atoms with Crippen LogP contribution >= 0.6 is 11.8 Å². The Morgan fingerprint density at radius 3 is 2.44 bits per heavy atom.